The minimum atomic E-state index is -0.242. The molecule has 0 nitrogen and oxygen atoms in total. The molecule has 3 aromatic rings. The Bertz CT molecular complexity index is 750. The van der Waals surface area contributed by atoms with Gasteiger partial charge in [0, 0.05) is 20.3 Å². The van der Waals surface area contributed by atoms with Crippen LogP contribution in [-0.2, 0) is 5.33 Å². The van der Waals surface area contributed by atoms with Crippen molar-refractivity contribution in [2.75, 3.05) is 0 Å². The third-order valence-corrected chi connectivity index (χ3v) is 5.88. The third-order valence-electron chi connectivity index (χ3n) is 2.87. The van der Waals surface area contributed by atoms with Crippen molar-refractivity contribution in [3.8, 4) is 0 Å². The Morgan fingerprint density at radius 1 is 1.00 bits per heavy atom. The number of hydrogen-bond acceptors (Lipinski definition) is 2. The zero-order chi connectivity index (χ0) is 14.1. The van der Waals surface area contributed by atoms with Crippen LogP contribution in [0.5, 0.6) is 0 Å². The van der Waals surface area contributed by atoms with E-state index >= 15 is 0 Å². The maximum absolute atomic E-state index is 13.4. The average Bonchev–Trinajstić information content (AvgIpc) is 2.78. The van der Waals surface area contributed by atoms with E-state index in [4.69, 9.17) is 0 Å². The molecule has 0 bridgehead atoms. The first kappa shape index (κ1) is 14.0. The molecule has 1 aromatic heterocycles. The van der Waals surface area contributed by atoms with Gasteiger partial charge in [-0.05, 0) is 48.0 Å². The molecule has 0 aliphatic heterocycles. The van der Waals surface area contributed by atoms with Crippen LogP contribution in [0.3, 0.4) is 0 Å². The molecule has 0 fully saturated rings. The first-order valence-electron chi connectivity index (χ1n) is 5.87. The van der Waals surface area contributed by atoms with E-state index in [1.54, 1.807) is 47.4 Å². The lowest BCUT2D eigenvalue weighted by molar-refractivity contribution is 0.626. The molecule has 3 rings (SSSR count). The zero-order valence-corrected chi connectivity index (χ0v) is 13.4. The fourth-order valence-electron chi connectivity index (χ4n) is 1.92. The molecular formula is C15H9BrF2S2. The van der Waals surface area contributed by atoms with Crippen LogP contribution in [-0.4, -0.2) is 0 Å². The first-order chi connectivity index (χ1) is 9.67. The van der Waals surface area contributed by atoms with E-state index in [1.165, 1.54) is 18.2 Å². The number of thiophene rings is 1. The number of halogens is 3. The lowest BCUT2D eigenvalue weighted by Gasteiger charge is -2.01. The van der Waals surface area contributed by atoms with Crippen LogP contribution in [0.15, 0.2) is 51.6 Å². The highest BCUT2D eigenvalue weighted by Crippen LogP contribution is 2.42. The summed E-state index contributed by atoms with van der Waals surface area (Å²) in [6.45, 7) is 0. The standard InChI is InChI=1S/C15H9BrF2S2/c16-8-13-12-7-10(18)3-6-14(12)20-15(13)19-11-4-1-9(17)2-5-11/h1-7H,8H2. The van der Waals surface area contributed by atoms with E-state index in [0.717, 1.165) is 24.8 Å². The summed E-state index contributed by atoms with van der Waals surface area (Å²) >= 11 is 6.68. The van der Waals surface area contributed by atoms with Gasteiger partial charge in [0.15, 0.2) is 0 Å². The monoisotopic (exact) mass is 370 g/mol. The molecule has 0 radical (unpaired) electrons. The summed E-state index contributed by atoms with van der Waals surface area (Å²) in [5.74, 6) is -0.468. The van der Waals surface area contributed by atoms with Crippen LogP contribution in [0.4, 0.5) is 8.78 Å². The van der Waals surface area contributed by atoms with E-state index in [1.807, 2.05) is 0 Å². The Kier molecular flexibility index (Phi) is 4.10. The minimum absolute atomic E-state index is 0.226. The zero-order valence-electron chi connectivity index (χ0n) is 10.2. The molecule has 0 aliphatic rings. The van der Waals surface area contributed by atoms with Gasteiger partial charge in [0.25, 0.3) is 0 Å². The molecule has 5 heteroatoms. The predicted molar refractivity (Wildman–Crippen MR) is 84.9 cm³/mol. The maximum Gasteiger partial charge on any atom is 0.123 e. The second kappa shape index (κ2) is 5.84. The molecule has 0 aliphatic carbocycles. The molecule has 0 atom stereocenters. The van der Waals surface area contributed by atoms with Crippen molar-refractivity contribution in [1.82, 2.24) is 0 Å². The van der Waals surface area contributed by atoms with E-state index in [-0.39, 0.29) is 11.6 Å². The molecule has 2 aromatic carbocycles. The van der Waals surface area contributed by atoms with Crippen LogP contribution in [0.2, 0.25) is 0 Å². The number of hydrogen-bond donors (Lipinski definition) is 0. The minimum Gasteiger partial charge on any atom is -0.207 e. The van der Waals surface area contributed by atoms with Crippen LogP contribution in [0.1, 0.15) is 5.56 Å². The largest absolute Gasteiger partial charge is 0.207 e. The molecule has 0 unspecified atom stereocenters. The van der Waals surface area contributed by atoms with Crippen molar-refractivity contribution < 1.29 is 8.78 Å². The second-order valence-electron chi connectivity index (χ2n) is 4.20. The summed E-state index contributed by atoms with van der Waals surface area (Å²) < 4.78 is 28.5. The second-order valence-corrected chi connectivity index (χ2v) is 7.15. The van der Waals surface area contributed by atoms with Gasteiger partial charge in [-0.25, -0.2) is 8.78 Å². The lowest BCUT2D eigenvalue weighted by atomic mass is 10.2. The fourth-order valence-corrected chi connectivity index (χ4v) is 5.32. The Hall–Kier alpha value is -0.910. The fraction of sp³-hybridized carbons (Fsp3) is 0.0667. The van der Waals surface area contributed by atoms with Crippen LogP contribution >= 0.6 is 39.0 Å². The van der Waals surface area contributed by atoms with E-state index < -0.39 is 0 Å². The van der Waals surface area contributed by atoms with Crippen LogP contribution in [0, 0.1) is 11.6 Å². The smallest absolute Gasteiger partial charge is 0.123 e. The SMILES string of the molecule is Fc1ccc(Sc2sc3ccc(F)cc3c2CBr)cc1. The quantitative estimate of drug-likeness (QED) is 0.492. The first-order valence-corrected chi connectivity index (χ1v) is 8.63. The summed E-state index contributed by atoms with van der Waals surface area (Å²) in [7, 11) is 0. The van der Waals surface area contributed by atoms with Gasteiger partial charge in [0.05, 0.1) is 4.21 Å². The Morgan fingerprint density at radius 2 is 1.70 bits per heavy atom. The van der Waals surface area contributed by atoms with Crippen molar-refractivity contribution in [1.29, 1.82) is 0 Å². The van der Waals surface area contributed by atoms with Gasteiger partial charge in [0.2, 0.25) is 0 Å². The maximum atomic E-state index is 13.4. The number of alkyl halides is 1. The highest BCUT2D eigenvalue weighted by atomic mass is 79.9. The van der Waals surface area contributed by atoms with Gasteiger partial charge in [-0.3, -0.25) is 0 Å². The van der Waals surface area contributed by atoms with Crippen LogP contribution in [0.25, 0.3) is 10.1 Å². The predicted octanol–water partition coefficient (Wildman–Crippen LogP) is 6.23. The lowest BCUT2D eigenvalue weighted by Crippen LogP contribution is -1.79. The number of fused-ring (bicyclic) bond motifs is 1. The summed E-state index contributed by atoms with van der Waals surface area (Å²) in [6, 6.07) is 11.2. The number of rotatable bonds is 3. The number of benzene rings is 2. The summed E-state index contributed by atoms with van der Waals surface area (Å²) in [5.41, 5.74) is 1.08. The molecule has 0 spiro atoms. The van der Waals surface area contributed by atoms with E-state index in [2.05, 4.69) is 15.9 Å². The van der Waals surface area contributed by atoms with Crippen molar-refractivity contribution in [3.63, 3.8) is 0 Å². The third kappa shape index (κ3) is 2.75. The van der Waals surface area contributed by atoms with Gasteiger partial charge in [-0.15, -0.1) is 11.3 Å². The summed E-state index contributed by atoms with van der Waals surface area (Å²) in [5, 5.41) is 1.61. The topological polar surface area (TPSA) is 0 Å². The molecule has 20 heavy (non-hydrogen) atoms. The molecule has 0 saturated carbocycles. The highest BCUT2D eigenvalue weighted by Gasteiger charge is 2.13. The van der Waals surface area contributed by atoms with Gasteiger partial charge >= 0.3 is 0 Å². The Labute approximate surface area is 131 Å². The van der Waals surface area contributed by atoms with Crippen molar-refractivity contribution in [2.45, 2.75) is 14.4 Å². The van der Waals surface area contributed by atoms with Crippen molar-refractivity contribution in [2.24, 2.45) is 0 Å². The van der Waals surface area contributed by atoms with Gasteiger partial charge in [-0.2, -0.15) is 0 Å². The Morgan fingerprint density at radius 3 is 2.40 bits per heavy atom. The molecule has 0 saturated heterocycles. The van der Waals surface area contributed by atoms with E-state index in [9.17, 15) is 8.78 Å². The highest BCUT2D eigenvalue weighted by molar-refractivity contribution is 9.08. The molecule has 1 heterocycles. The Balaban J connectivity index is 2.04. The molecule has 102 valence electrons. The van der Waals surface area contributed by atoms with Crippen LogP contribution < -0.4 is 0 Å². The van der Waals surface area contributed by atoms with Gasteiger partial charge in [0.1, 0.15) is 11.6 Å². The molecule has 0 N–H and O–H groups in total. The average molecular weight is 371 g/mol. The summed E-state index contributed by atoms with van der Waals surface area (Å²) in [4.78, 5) is 0.973. The van der Waals surface area contributed by atoms with Gasteiger partial charge < -0.3 is 0 Å². The van der Waals surface area contributed by atoms with Gasteiger partial charge in [-0.1, -0.05) is 27.7 Å². The molecular weight excluding hydrogens is 362 g/mol. The van der Waals surface area contributed by atoms with Crippen molar-refractivity contribution >= 4 is 49.1 Å². The van der Waals surface area contributed by atoms with Crippen molar-refractivity contribution in [3.05, 3.63) is 59.7 Å². The van der Waals surface area contributed by atoms with E-state index in [0.29, 0.717) is 5.33 Å². The summed E-state index contributed by atoms with van der Waals surface area (Å²) in [6.07, 6.45) is 0. The normalized spacial score (nSPS) is 11.2. The molecule has 0 amide bonds.